The molecule has 0 aromatic carbocycles. The van der Waals surface area contributed by atoms with Crippen LogP contribution in [-0.2, 0) is 22.4 Å². The topological polar surface area (TPSA) is 103 Å². The molecule has 0 bridgehead atoms. The number of nitrogens with one attached hydrogen (secondary N) is 1. The molecule has 174 valence electrons. The van der Waals surface area contributed by atoms with Crippen LogP contribution in [0.25, 0.3) is 5.65 Å². The zero-order chi connectivity index (χ0) is 23.5. The number of aromatic nitrogens is 3. The molecule has 10 heteroatoms. The average molecular weight is 487 g/mol. The third-order valence-corrected chi connectivity index (χ3v) is 7.72. The van der Waals surface area contributed by atoms with Crippen molar-refractivity contribution in [2.75, 3.05) is 11.9 Å². The third kappa shape index (κ3) is 4.96. The van der Waals surface area contributed by atoms with E-state index in [0.717, 1.165) is 59.9 Å². The fourth-order valence-corrected chi connectivity index (χ4v) is 5.92. The summed E-state index contributed by atoms with van der Waals surface area (Å²) in [6.45, 7) is 5.64. The molecule has 1 amide bonds. The lowest BCUT2D eigenvalue weighted by atomic mass is 10.1. The lowest BCUT2D eigenvalue weighted by Gasteiger charge is -2.12. The maximum atomic E-state index is 13.0. The summed E-state index contributed by atoms with van der Waals surface area (Å²) in [6.07, 6.45) is 6.56. The van der Waals surface area contributed by atoms with Gasteiger partial charge in [-0.2, -0.15) is 4.98 Å². The zero-order valence-electron chi connectivity index (χ0n) is 18.8. The van der Waals surface area contributed by atoms with Crippen molar-refractivity contribution in [2.24, 2.45) is 0 Å². The van der Waals surface area contributed by atoms with Gasteiger partial charge < -0.3 is 10.1 Å². The number of aryl methyl sites for hydroxylation is 2. The predicted molar refractivity (Wildman–Crippen MR) is 129 cm³/mol. The third-order valence-electron chi connectivity index (χ3n) is 5.55. The first-order valence-electron chi connectivity index (χ1n) is 11.0. The van der Waals surface area contributed by atoms with Crippen LogP contribution in [0.5, 0.6) is 0 Å². The normalized spacial score (nSPS) is 14.4. The average Bonchev–Trinajstić information content (AvgIpc) is 2.95. The number of pyridine rings is 1. The number of carbonyl (C=O) groups excluding carboxylic acids is 2. The number of ether oxygens (including phenoxy) is 1. The summed E-state index contributed by atoms with van der Waals surface area (Å²) >= 11 is 2.57. The molecule has 1 unspecified atom stereocenters. The van der Waals surface area contributed by atoms with Crippen LogP contribution in [0.15, 0.2) is 28.3 Å². The van der Waals surface area contributed by atoms with Crippen LogP contribution >= 0.6 is 23.1 Å². The van der Waals surface area contributed by atoms with Gasteiger partial charge in [0.05, 0.1) is 17.4 Å². The monoisotopic (exact) mass is 486 g/mol. The van der Waals surface area contributed by atoms with E-state index in [2.05, 4.69) is 15.3 Å². The van der Waals surface area contributed by atoms with Gasteiger partial charge in [-0.1, -0.05) is 24.2 Å². The number of hydrogen-bond donors (Lipinski definition) is 1. The standard InChI is InChI=1S/C23H26N4O4S2/c1-4-31-21(29)17-15-10-6-5-7-11-16(15)33-20(17)25-19(28)14(3)32-22-24-18-13(2)9-8-12-27(18)23(30)26-22/h8-9,12,14H,4-7,10-11H2,1-3H3,(H,25,28). The number of thiophene rings is 1. The van der Waals surface area contributed by atoms with Gasteiger partial charge >= 0.3 is 11.7 Å². The Bertz CT molecular complexity index is 1270. The number of thioether (sulfide) groups is 1. The van der Waals surface area contributed by atoms with Gasteiger partial charge in [0, 0.05) is 11.1 Å². The van der Waals surface area contributed by atoms with Crippen molar-refractivity contribution in [3.8, 4) is 0 Å². The number of fused-ring (bicyclic) bond motifs is 2. The van der Waals surface area contributed by atoms with Crippen molar-refractivity contribution < 1.29 is 14.3 Å². The molecule has 3 heterocycles. The molecule has 1 aliphatic carbocycles. The molecule has 4 rings (SSSR count). The van der Waals surface area contributed by atoms with Gasteiger partial charge in [0.15, 0.2) is 5.16 Å². The molecule has 1 aliphatic rings. The minimum Gasteiger partial charge on any atom is -0.462 e. The molecule has 1 N–H and O–H groups in total. The number of anilines is 1. The number of esters is 1. The Morgan fingerprint density at radius 2 is 2.06 bits per heavy atom. The Kier molecular flexibility index (Phi) is 7.14. The summed E-state index contributed by atoms with van der Waals surface area (Å²) < 4.78 is 6.67. The molecular weight excluding hydrogens is 460 g/mol. The van der Waals surface area contributed by atoms with Crippen LogP contribution in [0.4, 0.5) is 5.00 Å². The molecule has 33 heavy (non-hydrogen) atoms. The largest absolute Gasteiger partial charge is 0.462 e. The first-order chi connectivity index (χ1) is 15.9. The lowest BCUT2D eigenvalue weighted by Crippen LogP contribution is -2.25. The van der Waals surface area contributed by atoms with Crippen LogP contribution < -0.4 is 11.0 Å². The highest BCUT2D eigenvalue weighted by Gasteiger charge is 2.28. The molecule has 0 saturated heterocycles. The highest BCUT2D eigenvalue weighted by molar-refractivity contribution is 8.00. The van der Waals surface area contributed by atoms with Crippen LogP contribution in [0.3, 0.4) is 0 Å². The van der Waals surface area contributed by atoms with E-state index in [1.165, 1.54) is 15.7 Å². The highest BCUT2D eigenvalue weighted by atomic mass is 32.2. The summed E-state index contributed by atoms with van der Waals surface area (Å²) in [4.78, 5) is 47.7. The Labute approximate surface area is 199 Å². The van der Waals surface area contributed by atoms with Crippen molar-refractivity contribution >= 4 is 45.6 Å². The van der Waals surface area contributed by atoms with E-state index in [0.29, 0.717) is 16.2 Å². The number of amides is 1. The molecule has 8 nitrogen and oxygen atoms in total. The van der Waals surface area contributed by atoms with Gasteiger partial charge in [0.25, 0.3) is 0 Å². The SMILES string of the molecule is CCOC(=O)c1c(NC(=O)C(C)Sc2nc(=O)n3cccc(C)c3n2)sc2c1CCCCC2. The maximum Gasteiger partial charge on any atom is 0.355 e. The number of carbonyl (C=O) groups is 2. The van der Waals surface area contributed by atoms with Crippen molar-refractivity contribution in [3.63, 3.8) is 0 Å². The molecule has 0 aliphatic heterocycles. The summed E-state index contributed by atoms with van der Waals surface area (Å²) in [7, 11) is 0. The first-order valence-corrected chi connectivity index (χ1v) is 12.7. The molecule has 3 aromatic rings. The lowest BCUT2D eigenvalue weighted by molar-refractivity contribution is -0.115. The second kappa shape index (κ2) is 10.0. The van der Waals surface area contributed by atoms with Crippen molar-refractivity contribution in [1.29, 1.82) is 0 Å². The fourth-order valence-electron chi connectivity index (χ4n) is 3.88. The van der Waals surface area contributed by atoms with E-state index in [1.807, 2.05) is 13.0 Å². The second-order valence-electron chi connectivity index (χ2n) is 7.91. The summed E-state index contributed by atoms with van der Waals surface area (Å²) in [5.41, 5.74) is 2.41. The van der Waals surface area contributed by atoms with Gasteiger partial charge in [0.1, 0.15) is 10.6 Å². The molecule has 0 spiro atoms. The van der Waals surface area contributed by atoms with Gasteiger partial charge in [-0.3, -0.25) is 9.20 Å². The van der Waals surface area contributed by atoms with E-state index >= 15 is 0 Å². The zero-order valence-corrected chi connectivity index (χ0v) is 20.5. The molecule has 0 saturated carbocycles. The van der Waals surface area contributed by atoms with Crippen molar-refractivity contribution in [1.82, 2.24) is 14.4 Å². The molecule has 1 atom stereocenters. The summed E-state index contributed by atoms with van der Waals surface area (Å²) in [5.74, 6) is -0.676. The fraction of sp³-hybridized carbons (Fsp3) is 0.435. The van der Waals surface area contributed by atoms with E-state index in [4.69, 9.17) is 4.74 Å². The van der Waals surface area contributed by atoms with Gasteiger partial charge in [-0.25, -0.2) is 14.6 Å². The number of nitrogens with zero attached hydrogens (tertiary/aromatic N) is 3. The van der Waals surface area contributed by atoms with Gasteiger partial charge in [0.2, 0.25) is 5.91 Å². The van der Waals surface area contributed by atoms with Gasteiger partial charge in [-0.15, -0.1) is 11.3 Å². The van der Waals surface area contributed by atoms with Crippen LogP contribution in [0, 0.1) is 6.92 Å². The molecule has 3 aromatic heterocycles. The van der Waals surface area contributed by atoms with E-state index in [9.17, 15) is 14.4 Å². The van der Waals surface area contributed by atoms with Crippen molar-refractivity contribution in [3.05, 3.63) is 50.4 Å². The summed E-state index contributed by atoms with van der Waals surface area (Å²) in [5, 5.41) is 3.13. The predicted octanol–water partition coefficient (Wildman–Crippen LogP) is 4.02. The molecule has 0 radical (unpaired) electrons. The second-order valence-corrected chi connectivity index (χ2v) is 10.3. The van der Waals surface area contributed by atoms with Crippen LogP contribution in [0.2, 0.25) is 0 Å². The van der Waals surface area contributed by atoms with Crippen molar-refractivity contribution in [2.45, 2.75) is 63.3 Å². The van der Waals surface area contributed by atoms with E-state index in [1.54, 1.807) is 26.1 Å². The number of rotatable bonds is 6. The maximum absolute atomic E-state index is 13.0. The van der Waals surface area contributed by atoms with E-state index < -0.39 is 16.9 Å². The Hall–Kier alpha value is -2.72. The van der Waals surface area contributed by atoms with Crippen LogP contribution in [-0.4, -0.2) is 38.1 Å². The van der Waals surface area contributed by atoms with Crippen LogP contribution in [0.1, 0.15) is 59.5 Å². The highest BCUT2D eigenvalue weighted by Crippen LogP contribution is 2.38. The summed E-state index contributed by atoms with van der Waals surface area (Å²) in [6, 6.07) is 3.63. The van der Waals surface area contributed by atoms with Gasteiger partial charge in [-0.05, 0) is 63.6 Å². The molecule has 0 fully saturated rings. The Morgan fingerprint density at radius 3 is 2.85 bits per heavy atom. The van der Waals surface area contributed by atoms with E-state index in [-0.39, 0.29) is 17.7 Å². The Morgan fingerprint density at radius 1 is 1.27 bits per heavy atom. The minimum atomic E-state index is -0.576. The minimum absolute atomic E-state index is 0.240. The smallest absolute Gasteiger partial charge is 0.355 e. The quantitative estimate of drug-likeness (QED) is 0.319. The first kappa shape index (κ1) is 23.4. The molecular formula is C23H26N4O4S2. The Balaban J connectivity index is 1.57. The number of hydrogen-bond acceptors (Lipinski definition) is 8.